The maximum absolute atomic E-state index is 3.56. The molecule has 4 rings (SSSR count). The summed E-state index contributed by atoms with van der Waals surface area (Å²) in [7, 11) is 0. The van der Waals surface area contributed by atoms with Gasteiger partial charge in [0, 0.05) is 12.2 Å². The molecule has 0 saturated heterocycles. The van der Waals surface area contributed by atoms with E-state index in [0.29, 0.717) is 5.92 Å². The molecule has 0 spiro atoms. The Morgan fingerprint density at radius 3 is 2.86 bits per heavy atom. The summed E-state index contributed by atoms with van der Waals surface area (Å²) in [6, 6.07) is 16.1. The summed E-state index contributed by atoms with van der Waals surface area (Å²) in [5.41, 5.74) is 7.53. The molecule has 0 radical (unpaired) electrons. The van der Waals surface area contributed by atoms with Crippen molar-refractivity contribution in [2.24, 2.45) is 0 Å². The quantitative estimate of drug-likeness (QED) is 0.838. The summed E-state index contributed by atoms with van der Waals surface area (Å²) in [6.45, 7) is 1.13. The number of hydrogen-bond donors (Lipinski definition) is 1. The van der Waals surface area contributed by atoms with Gasteiger partial charge in [0.2, 0.25) is 0 Å². The van der Waals surface area contributed by atoms with Crippen molar-refractivity contribution in [2.45, 2.75) is 44.4 Å². The molecule has 0 saturated carbocycles. The van der Waals surface area contributed by atoms with Crippen LogP contribution in [0.5, 0.6) is 0 Å². The zero-order chi connectivity index (χ0) is 14.1. The number of rotatable bonds is 2. The Labute approximate surface area is 127 Å². The van der Waals surface area contributed by atoms with Crippen molar-refractivity contribution in [3.63, 3.8) is 0 Å². The van der Waals surface area contributed by atoms with Crippen LogP contribution in [0.4, 0.5) is 5.69 Å². The van der Waals surface area contributed by atoms with Crippen LogP contribution in [0, 0.1) is 0 Å². The summed E-state index contributed by atoms with van der Waals surface area (Å²) in [6.07, 6.45) is 7.62. The van der Waals surface area contributed by atoms with Crippen LogP contribution in [-0.2, 0) is 19.3 Å². The van der Waals surface area contributed by atoms with E-state index in [4.69, 9.17) is 0 Å². The molecule has 1 unspecified atom stereocenters. The molecular formula is C20H23N. The first kappa shape index (κ1) is 12.9. The normalized spacial score (nSPS) is 20.3. The number of hydrogen-bond acceptors (Lipinski definition) is 1. The van der Waals surface area contributed by atoms with Crippen LogP contribution in [0.15, 0.2) is 42.5 Å². The Kier molecular flexibility index (Phi) is 3.42. The standard InChI is InChI=1S/C20H23N/c1-2-9-19-16(5-1)6-3-7-18(19)13-15-10-11-17-8-4-12-21-20(17)14-15/h1-2,5,9-11,14,18,21H,3-4,6-8,12-13H2. The Morgan fingerprint density at radius 1 is 0.952 bits per heavy atom. The molecule has 0 fully saturated rings. The first-order valence-corrected chi connectivity index (χ1v) is 8.33. The average molecular weight is 277 g/mol. The minimum atomic E-state index is 0.705. The molecule has 1 atom stereocenters. The van der Waals surface area contributed by atoms with E-state index in [-0.39, 0.29) is 0 Å². The van der Waals surface area contributed by atoms with E-state index in [9.17, 15) is 0 Å². The highest BCUT2D eigenvalue weighted by Gasteiger charge is 2.20. The second-order valence-corrected chi connectivity index (χ2v) is 6.51. The van der Waals surface area contributed by atoms with Crippen molar-refractivity contribution in [3.8, 4) is 0 Å². The van der Waals surface area contributed by atoms with Crippen LogP contribution in [0.25, 0.3) is 0 Å². The van der Waals surface area contributed by atoms with Crippen LogP contribution < -0.4 is 5.32 Å². The van der Waals surface area contributed by atoms with Gasteiger partial charge in [-0.05, 0) is 72.8 Å². The minimum absolute atomic E-state index is 0.705. The van der Waals surface area contributed by atoms with Crippen LogP contribution >= 0.6 is 0 Å². The van der Waals surface area contributed by atoms with Crippen LogP contribution in [0.1, 0.15) is 47.4 Å². The van der Waals surface area contributed by atoms with Gasteiger partial charge < -0.3 is 5.32 Å². The van der Waals surface area contributed by atoms with Gasteiger partial charge in [-0.2, -0.15) is 0 Å². The fourth-order valence-corrected chi connectivity index (χ4v) is 3.99. The van der Waals surface area contributed by atoms with Crippen LogP contribution in [-0.4, -0.2) is 6.54 Å². The lowest BCUT2D eigenvalue weighted by atomic mass is 9.79. The summed E-state index contributed by atoms with van der Waals surface area (Å²) >= 11 is 0. The van der Waals surface area contributed by atoms with E-state index in [1.807, 2.05) is 0 Å². The van der Waals surface area contributed by atoms with Gasteiger partial charge in [0.1, 0.15) is 0 Å². The molecule has 0 bridgehead atoms. The van der Waals surface area contributed by atoms with Gasteiger partial charge in [0.25, 0.3) is 0 Å². The zero-order valence-electron chi connectivity index (χ0n) is 12.6. The fraction of sp³-hybridized carbons (Fsp3) is 0.400. The van der Waals surface area contributed by atoms with E-state index in [2.05, 4.69) is 47.8 Å². The first-order chi connectivity index (χ1) is 10.4. The SMILES string of the molecule is c1ccc2c(c1)CCCC2Cc1ccc2c(c1)NCCC2. The molecule has 1 N–H and O–H groups in total. The van der Waals surface area contributed by atoms with Gasteiger partial charge in [0.15, 0.2) is 0 Å². The summed E-state index contributed by atoms with van der Waals surface area (Å²) in [5.74, 6) is 0.705. The smallest absolute Gasteiger partial charge is 0.0375 e. The molecular weight excluding hydrogens is 254 g/mol. The highest BCUT2D eigenvalue weighted by atomic mass is 14.9. The maximum Gasteiger partial charge on any atom is 0.0375 e. The van der Waals surface area contributed by atoms with Gasteiger partial charge in [-0.3, -0.25) is 0 Å². The Morgan fingerprint density at radius 2 is 1.86 bits per heavy atom. The van der Waals surface area contributed by atoms with Gasteiger partial charge in [-0.25, -0.2) is 0 Å². The number of aryl methyl sites for hydroxylation is 2. The van der Waals surface area contributed by atoms with Crippen LogP contribution in [0.3, 0.4) is 0 Å². The molecule has 1 aliphatic carbocycles. The van der Waals surface area contributed by atoms with E-state index in [0.717, 1.165) is 6.54 Å². The molecule has 1 heteroatoms. The molecule has 2 aromatic carbocycles. The van der Waals surface area contributed by atoms with E-state index in [1.165, 1.54) is 55.3 Å². The van der Waals surface area contributed by atoms with Gasteiger partial charge in [-0.1, -0.05) is 36.4 Å². The second-order valence-electron chi connectivity index (χ2n) is 6.51. The largest absolute Gasteiger partial charge is 0.385 e. The van der Waals surface area contributed by atoms with E-state index < -0.39 is 0 Å². The monoisotopic (exact) mass is 277 g/mol. The molecule has 1 aliphatic heterocycles. The highest BCUT2D eigenvalue weighted by molar-refractivity contribution is 5.55. The Bertz CT molecular complexity index is 644. The molecule has 1 heterocycles. The van der Waals surface area contributed by atoms with Crippen molar-refractivity contribution in [3.05, 3.63) is 64.7 Å². The third kappa shape index (κ3) is 2.57. The minimum Gasteiger partial charge on any atom is -0.385 e. The van der Waals surface area contributed by atoms with Crippen molar-refractivity contribution in [1.29, 1.82) is 0 Å². The summed E-state index contributed by atoms with van der Waals surface area (Å²) < 4.78 is 0. The average Bonchev–Trinajstić information content (AvgIpc) is 2.55. The van der Waals surface area contributed by atoms with Crippen molar-refractivity contribution in [1.82, 2.24) is 0 Å². The molecule has 2 aliphatic rings. The van der Waals surface area contributed by atoms with Gasteiger partial charge >= 0.3 is 0 Å². The molecule has 21 heavy (non-hydrogen) atoms. The topological polar surface area (TPSA) is 12.0 Å². The van der Waals surface area contributed by atoms with Gasteiger partial charge in [-0.15, -0.1) is 0 Å². The molecule has 0 aromatic heterocycles. The molecule has 2 aromatic rings. The lowest BCUT2D eigenvalue weighted by Crippen LogP contribution is -2.14. The second kappa shape index (κ2) is 5.55. The predicted molar refractivity (Wildman–Crippen MR) is 89.1 cm³/mol. The van der Waals surface area contributed by atoms with Crippen molar-refractivity contribution < 1.29 is 0 Å². The predicted octanol–water partition coefficient (Wildman–Crippen LogP) is 4.71. The van der Waals surface area contributed by atoms with Crippen molar-refractivity contribution in [2.75, 3.05) is 11.9 Å². The number of nitrogens with one attached hydrogen (secondary N) is 1. The zero-order valence-corrected chi connectivity index (χ0v) is 12.6. The third-order valence-electron chi connectivity index (χ3n) is 5.09. The maximum atomic E-state index is 3.56. The molecule has 0 amide bonds. The summed E-state index contributed by atoms with van der Waals surface area (Å²) in [4.78, 5) is 0. The Balaban J connectivity index is 1.59. The fourth-order valence-electron chi connectivity index (χ4n) is 3.99. The van der Waals surface area contributed by atoms with E-state index >= 15 is 0 Å². The molecule has 108 valence electrons. The van der Waals surface area contributed by atoms with E-state index in [1.54, 1.807) is 11.1 Å². The Hall–Kier alpha value is -1.76. The summed E-state index contributed by atoms with van der Waals surface area (Å²) in [5, 5.41) is 3.56. The number of anilines is 1. The third-order valence-corrected chi connectivity index (χ3v) is 5.09. The van der Waals surface area contributed by atoms with Crippen molar-refractivity contribution >= 4 is 5.69 Å². The number of fused-ring (bicyclic) bond motifs is 2. The first-order valence-electron chi connectivity index (χ1n) is 8.33. The van der Waals surface area contributed by atoms with Crippen LogP contribution in [0.2, 0.25) is 0 Å². The lowest BCUT2D eigenvalue weighted by Gasteiger charge is -2.26. The number of benzene rings is 2. The lowest BCUT2D eigenvalue weighted by molar-refractivity contribution is 0.550. The highest BCUT2D eigenvalue weighted by Crippen LogP contribution is 2.35. The molecule has 1 nitrogen and oxygen atoms in total. The van der Waals surface area contributed by atoms with Gasteiger partial charge in [0.05, 0.1) is 0 Å².